The largest absolute Gasteiger partial charge is 0.497 e. The number of hydrogen-bond acceptors (Lipinski definition) is 2. The van der Waals surface area contributed by atoms with Gasteiger partial charge in [0.2, 0.25) is 0 Å². The maximum absolute atomic E-state index is 11.7. The first-order valence-electron chi connectivity index (χ1n) is 6.31. The van der Waals surface area contributed by atoms with Crippen LogP contribution in [-0.4, -0.2) is 13.1 Å². The van der Waals surface area contributed by atoms with E-state index in [0.29, 0.717) is 10.7 Å². The molecule has 0 saturated heterocycles. The van der Waals surface area contributed by atoms with Crippen LogP contribution in [0.25, 0.3) is 6.08 Å². The molecule has 0 aliphatic rings. The lowest BCUT2D eigenvalue weighted by Crippen LogP contribution is -2.23. The normalized spacial score (nSPS) is 10.4. The lowest BCUT2D eigenvalue weighted by Gasteiger charge is -2.04. The van der Waals surface area contributed by atoms with Crippen molar-refractivity contribution in [3.8, 4) is 5.75 Å². The number of methoxy groups -OCH3 is 1. The molecule has 0 bridgehead atoms. The predicted octanol–water partition coefficient (Wildman–Crippen LogP) is 4.14. The fourth-order valence-electron chi connectivity index (χ4n) is 1.69. The van der Waals surface area contributed by atoms with E-state index in [-0.39, 0.29) is 6.03 Å². The molecule has 5 heteroatoms. The van der Waals surface area contributed by atoms with Crippen LogP contribution in [0.3, 0.4) is 0 Å². The monoisotopic (exact) mass is 302 g/mol. The smallest absolute Gasteiger partial charge is 0.323 e. The van der Waals surface area contributed by atoms with Gasteiger partial charge in [-0.1, -0.05) is 29.8 Å². The molecule has 2 N–H and O–H groups in total. The number of benzene rings is 2. The molecule has 0 aliphatic carbocycles. The summed E-state index contributed by atoms with van der Waals surface area (Å²) in [6.45, 7) is 0. The molecule has 0 aromatic heterocycles. The third-order valence-electron chi connectivity index (χ3n) is 2.67. The number of amides is 2. The molecule has 0 fully saturated rings. The van der Waals surface area contributed by atoms with E-state index >= 15 is 0 Å². The van der Waals surface area contributed by atoms with Crippen LogP contribution in [0.15, 0.2) is 54.7 Å². The summed E-state index contributed by atoms with van der Waals surface area (Å²) in [7, 11) is 1.61. The molecule has 2 rings (SSSR count). The average Bonchev–Trinajstić information content (AvgIpc) is 2.47. The van der Waals surface area contributed by atoms with Gasteiger partial charge < -0.3 is 15.4 Å². The number of urea groups is 1. The van der Waals surface area contributed by atoms with Crippen molar-refractivity contribution in [2.75, 3.05) is 12.4 Å². The number of anilines is 1. The van der Waals surface area contributed by atoms with Crippen LogP contribution in [0, 0.1) is 0 Å². The van der Waals surface area contributed by atoms with E-state index in [1.807, 2.05) is 24.3 Å². The van der Waals surface area contributed by atoms with Crippen LogP contribution >= 0.6 is 11.6 Å². The van der Waals surface area contributed by atoms with Crippen molar-refractivity contribution in [1.82, 2.24) is 5.32 Å². The van der Waals surface area contributed by atoms with E-state index in [9.17, 15) is 4.79 Å². The van der Waals surface area contributed by atoms with Gasteiger partial charge >= 0.3 is 6.03 Å². The predicted molar refractivity (Wildman–Crippen MR) is 85.6 cm³/mol. The maximum atomic E-state index is 11.7. The fourth-order valence-corrected chi connectivity index (χ4v) is 1.88. The fraction of sp³-hybridized carbons (Fsp3) is 0.0625. The highest BCUT2D eigenvalue weighted by Gasteiger charge is 1.99. The Morgan fingerprint density at radius 1 is 1.19 bits per heavy atom. The zero-order chi connectivity index (χ0) is 15.1. The van der Waals surface area contributed by atoms with Crippen LogP contribution in [0.1, 0.15) is 5.56 Å². The molecule has 2 aromatic rings. The Kier molecular flexibility index (Phi) is 5.23. The highest BCUT2D eigenvalue weighted by atomic mass is 35.5. The number of rotatable bonds is 4. The lowest BCUT2D eigenvalue weighted by atomic mass is 10.2. The van der Waals surface area contributed by atoms with Crippen LogP contribution in [0.2, 0.25) is 5.02 Å². The summed E-state index contributed by atoms with van der Waals surface area (Å²) in [6.07, 6.45) is 3.34. The van der Waals surface area contributed by atoms with E-state index in [1.54, 1.807) is 43.7 Å². The first-order valence-corrected chi connectivity index (χ1v) is 6.69. The Bertz CT molecular complexity index is 656. The van der Waals surface area contributed by atoms with Crippen molar-refractivity contribution in [3.63, 3.8) is 0 Å². The van der Waals surface area contributed by atoms with Crippen molar-refractivity contribution in [2.45, 2.75) is 0 Å². The zero-order valence-electron chi connectivity index (χ0n) is 11.5. The molecular formula is C16H15ClN2O2. The number of carbonyl (C=O) groups excluding carboxylic acids is 1. The molecule has 2 aromatic carbocycles. The minimum absolute atomic E-state index is 0.337. The zero-order valence-corrected chi connectivity index (χ0v) is 12.2. The molecule has 0 spiro atoms. The van der Waals surface area contributed by atoms with Crippen LogP contribution in [0.5, 0.6) is 5.75 Å². The first kappa shape index (κ1) is 14.9. The topological polar surface area (TPSA) is 50.4 Å². The quantitative estimate of drug-likeness (QED) is 0.891. The van der Waals surface area contributed by atoms with E-state index in [4.69, 9.17) is 16.3 Å². The molecular weight excluding hydrogens is 288 g/mol. The van der Waals surface area contributed by atoms with E-state index in [0.717, 1.165) is 11.3 Å². The molecule has 2 amide bonds. The van der Waals surface area contributed by atoms with Crippen LogP contribution in [-0.2, 0) is 0 Å². The molecule has 108 valence electrons. The molecule has 0 aliphatic heterocycles. The number of ether oxygens (including phenoxy) is 1. The van der Waals surface area contributed by atoms with Gasteiger partial charge in [-0.05, 0) is 42.0 Å². The van der Waals surface area contributed by atoms with Gasteiger partial charge in [-0.2, -0.15) is 0 Å². The minimum Gasteiger partial charge on any atom is -0.497 e. The second-order valence-corrected chi connectivity index (χ2v) is 4.66. The standard InChI is InChI=1S/C16H15ClN2O2/c1-21-15-7-2-4-12(10-15)8-9-18-16(20)19-14-6-3-5-13(17)11-14/h2-11H,1H3,(H2,18,19,20)/b9-8+. The second kappa shape index (κ2) is 7.36. The third-order valence-corrected chi connectivity index (χ3v) is 2.90. The van der Waals surface area contributed by atoms with Gasteiger partial charge in [-0.25, -0.2) is 4.79 Å². The number of hydrogen-bond donors (Lipinski definition) is 2. The summed E-state index contributed by atoms with van der Waals surface area (Å²) in [5.41, 5.74) is 1.56. The first-order chi connectivity index (χ1) is 10.2. The van der Waals surface area contributed by atoms with Crippen LogP contribution in [0.4, 0.5) is 10.5 Å². The van der Waals surface area contributed by atoms with E-state index in [2.05, 4.69) is 10.6 Å². The Morgan fingerprint density at radius 3 is 2.76 bits per heavy atom. The highest BCUT2D eigenvalue weighted by molar-refractivity contribution is 6.30. The second-order valence-electron chi connectivity index (χ2n) is 4.22. The van der Waals surface area contributed by atoms with Crippen molar-refractivity contribution < 1.29 is 9.53 Å². The lowest BCUT2D eigenvalue weighted by molar-refractivity contribution is 0.255. The molecule has 0 radical (unpaired) electrons. The summed E-state index contributed by atoms with van der Waals surface area (Å²) in [6, 6.07) is 14.1. The molecule has 0 unspecified atom stereocenters. The Labute approximate surface area is 128 Å². The van der Waals surface area contributed by atoms with Gasteiger partial charge in [0.15, 0.2) is 0 Å². The molecule has 4 nitrogen and oxygen atoms in total. The SMILES string of the molecule is COc1cccc(/C=C/NC(=O)Nc2cccc(Cl)c2)c1. The Balaban J connectivity index is 1.90. The number of halogens is 1. The summed E-state index contributed by atoms with van der Waals surface area (Å²) in [4.78, 5) is 11.7. The molecule has 0 heterocycles. The van der Waals surface area contributed by atoms with Gasteiger partial charge in [-0.3, -0.25) is 0 Å². The highest BCUT2D eigenvalue weighted by Crippen LogP contribution is 2.15. The summed E-state index contributed by atoms with van der Waals surface area (Å²) in [5, 5.41) is 5.87. The van der Waals surface area contributed by atoms with E-state index in [1.165, 1.54) is 0 Å². The third kappa shape index (κ3) is 4.85. The van der Waals surface area contributed by atoms with Gasteiger partial charge in [0, 0.05) is 16.9 Å². The van der Waals surface area contributed by atoms with Crippen LogP contribution < -0.4 is 15.4 Å². The summed E-state index contributed by atoms with van der Waals surface area (Å²) in [5.74, 6) is 0.764. The van der Waals surface area contributed by atoms with E-state index < -0.39 is 0 Å². The van der Waals surface area contributed by atoms with Crippen molar-refractivity contribution in [1.29, 1.82) is 0 Å². The van der Waals surface area contributed by atoms with Gasteiger partial charge in [-0.15, -0.1) is 0 Å². The number of nitrogens with one attached hydrogen (secondary N) is 2. The maximum Gasteiger partial charge on any atom is 0.323 e. The number of carbonyl (C=O) groups is 1. The van der Waals surface area contributed by atoms with Gasteiger partial charge in [0.25, 0.3) is 0 Å². The Morgan fingerprint density at radius 2 is 2.00 bits per heavy atom. The molecule has 21 heavy (non-hydrogen) atoms. The Hall–Kier alpha value is -2.46. The van der Waals surface area contributed by atoms with Crippen molar-refractivity contribution >= 4 is 29.4 Å². The molecule has 0 saturated carbocycles. The van der Waals surface area contributed by atoms with Gasteiger partial charge in [0.1, 0.15) is 5.75 Å². The average molecular weight is 303 g/mol. The summed E-state index contributed by atoms with van der Waals surface area (Å²) >= 11 is 5.84. The minimum atomic E-state index is -0.337. The molecule has 0 atom stereocenters. The van der Waals surface area contributed by atoms with Crippen molar-refractivity contribution in [2.24, 2.45) is 0 Å². The summed E-state index contributed by atoms with van der Waals surface area (Å²) < 4.78 is 5.13. The van der Waals surface area contributed by atoms with Crippen molar-refractivity contribution in [3.05, 3.63) is 65.3 Å². The van der Waals surface area contributed by atoms with Gasteiger partial charge in [0.05, 0.1) is 7.11 Å².